The molecule has 0 radical (unpaired) electrons. The number of nitrogens with zero attached hydrogens (tertiary/aromatic N) is 2. The average molecular weight is 571 g/mol. The summed E-state index contributed by atoms with van der Waals surface area (Å²) >= 11 is 10.2. The zero-order valence-corrected chi connectivity index (χ0v) is 18.5. The van der Waals surface area contributed by atoms with Crippen LogP contribution in [-0.2, 0) is 6.18 Å². The van der Waals surface area contributed by atoms with Crippen molar-refractivity contribution in [2.75, 3.05) is 7.11 Å². The smallest absolute Gasteiger partial charge is 0.416 e. The Balaban J connectivity index is 2.37. The summed E-state index contributed by atoms with van der Waals surface area (Å²) in [6.07, 6.45) is -4.51. The Labute approximate surface area is 176 Å². The standard InChI is InChI=1S/C17H10Br3F3N2O2/c1-7-24-12-5-8(17(21,22)23)3-4-9(12)16(26)25(7)14-10(18)6-11(19)15(27-2)13(14)20/h3-6H,1-2H3. The number of fused-ring (bicyclic) bond motifs is 1. The summed E-state index contributed by atoms with van der Waals surface area (Å²) in [5, 5.41) is 0.0780. The molecule has 3 aromatic rings. The van der Waals surface area contributed by atoms with Crippen molar-refractivity contribution in [3.8, 4) is 11.4 Å². The lowest BCUT2D eigenvalue weighted by Gasteiger charge is -2.17. The highest BCUT2D eigenvalue weighted by Gasteiger charge is 2.31. The Morgan fingerprint density at radius 1 is 1.11 bits per heavy atom. The quantitative estimate of drug-likeness (QED) is 0.379. The number of aryl methyl sites for hydroxylation is 1. The van der Waals surface area contributed by atoms with Crippen LogP contribution >= 0.6 is 47.8 Å². The molecule has 0 N–H and O–H groups in total. The largest absolute Gasteiger partial charge is 0.494 e. The zero-order chi connectivity index (χ0) is 20.1. The fourth-order valence-electron chi connectivity index (χ4n) is 2.69. The van der Waals surface area contributed by atoms with Crippen molar-refractivity contribution in [2.24, 2.45) is 0 Å². The molecule has 0 fully saturated rings. The van der Waals surface area contributed by atoms with Crippen molar-refractivity contribution in [1.82, 2.24) is 9.55 Å². The van der Waals surface area contributed by atoms with Gasteiger partial charge in [-0.05, 0) is 79.0 Å². The van der Waals surface area contributed by atoms with E-state index in [1.807, 2.05) is 0 Å². The number of halogens is 6. The van der Waals surface area contributed by atoms with Gasteiger partial charge in [0.25, 0.3) is 5.56 Å². The van der Waals surface area contributed by atoms with Gasteiger partial charge in [0.05, 0.1) is 38.2 Å². The highest BCUT2D eigenvalue weighted by atomic mass is 79.9. The number of aromatic nitrogens is 2. The van der Waals surface area contributed by atoms with E-state index in [0.29, 0.717) is 24.9 Å². The fourth-order valence-corrected chi connectivity index (χ4v) is 5.49. The zero-order valence-electron chi connectivity index (χ0n) is 13.8. The van der Waals surface area contributed by atoms with Gasteiger partial charge < -0.3 is 4.74 Å². The highest BCUT2D eigenvalue weighted by molar-refractivity contribution is 9.11. The van der Waals surface area contributed by atoms with Gasteiger partial charge >= 0.3 is 6.18 Å². The molecule has 0 saturated heterocycles. The summed E-state index contributed by atoms with van der Waals surface area (Å²) in [6, 6.07) is 4.60. The van der Waals surface area contributed by atoms with Gasteiger partial charge in [0.1, 0.15) is 11.6 Å². The Kier molecular flexibility index (Phi) is 5.44. The van der Waals surface area contributed by atoms with E-state index >= 15 is 0 Å². The van der Waals surface area contributed by atoms with Crippen LogP contribution in [0.5, 0.6) is 5.75 Å². The van der Waals surface area contributed by atoms with Gasteiger partial charge in [-0.2, -0.15) is 13.2 Å². The average Bonchev–Trinajstić information content (AvgIpc) is 2.56. The van der Waals surface area contributed by atoms with Gasteiger partial charge in [0.15, 0.2) is 0 Å². The number of alkyl halides is 3. The first-order chi connectivity index (χ1) is 12.6. The summed E-state index contributed by atoms with van der Waals surface area (Å²) in [4.78, 5) is 17.3. The lowest BCUT2D eigenvalue weighted by atomic mass is 10.1. The third kappa shape index (κ3) is 3.54. The molecule has 10 heteroatoms. The predicted octanol–water partition coefficient (Wildman–Crippen LogP) is 6.01. The maximum Gasteiger partial charge on any atom is 0.416 e. The summed E-state index contributed by atoms with van der Waals surface area (Å²) in [7, 11) is 1.48. The Morgan fingerprint density at radius 2 is 1.78 bits per heavy atom. The first-order valence-electron chi connectivity index (χ1n) is 7.38. The lowest BCUT2D eigenvalue weighted by molar-refractivity contribution is -0.137. The van der Waals surface area contributed by atoms with Crippen LogP contribution in [0.15, 0.2) is 42.5 Å². The second kappa shape index (κ2) is 7.21. The Morgan fingerprint density at radius 3 is 2.37 bits per heavy atom. The molecular formula is C17H10Br3F3N2O2. The van der Waals surface area contributed by atoms with E-state index in [-0.39, 0.29) is 16.7 Å². The van der Waals surface area contributed by atoms with Crippen LogP contribution in [0.3, 0.4) is 0 Å². The van der Waals surface area contributed by atoms with Crippen molar-refractivity contribution in [3.05, 3.63) is 59.4 Å². The number of hydrogen-bond acceptors (Lipinski definition) is 3. The number of methoxy groups -OCH3 is 1. The van der Waals surface area contributed by atoms with E-state index in [1.165, 1.54) is 11.7 Å². The minimum atomic E-state index is -4.51. The molecule has 1 aromatic heterocycles. The van der Waals surface area contributed by atoms with Crippen molar-refractivity contribution in [2.45, 2.75) is 13.1 Å². The molecule has 0 spiro atoms. The molecule has 0 amide bonds. The molecule has 0 bridgehead atoms. The predicted molar refractivity (Wildman–Crippen MR) is 107 cm³/mol. The van der Waals surface area contributed by atoms with E-state index in [9.17, 15) is 18.0 Å². The molecule has 0 saturated carbocycles. The van der Waals surface area contributed by atoms with Gasteiger partial charge in [-0.3, -0.25) is 9.36 Å². The van der Waals surface area contributed by atoms with E-state index in [0.717, 1.165) is 18.2 Å². The molecule has 0 unspecified atom stereocenters. The molecule has 142 valence electrons. The van der Waals surface area contributed by atoms with E-state index in [2.05, 4.69) is 52.8 Å². The third-order valence-electron chi connectivity index (χ3n) is 3.90. The van der Waals surface area contributed by atoms with Crippen molar-refractivity contribution in [1.29, 1.82) is 0 Å². The van der Waals surface area contributed by atoms with Crippen LogP contribution in [0.4, 0.5) is 13.2 Å². The van der Waals surface area contributed by atoms with E-state index in [4.69, 9.17) is 4.74 Å². The van der Waals surface area contributed by atoms with Crippen molar-refractivity contribution in [3.63, 3.8) is 0 Å². The second-order valence-corrected chi connectivity index (χ2v) is 8.07. The molecule has 27 heavy (non-hydrogen) atoms. The maximum absolute atomic E-state index is 13.0. The lowest BCUT2D eigenvalue weighted by Crippen LogP contribution is -2.23. The van der Waals surface area contributed by atoms with Crippen LogP contribution in [0.2, 0.25) is 0 Å². The van der Waals surface area contributed by atoms with Crippen LogP contribution in [0.25, 0.3) is 16.6 Å². The molecule has 2 aromatic carbocycles. The van der Waals surface area contributed by atoms with Gasteiger partial charge in [0.2, 0.25) is 0 Å². The van der Waals surface area contributed by atoms with Gasteiger partial charge in [-0.15, -0.1) is 0 Å². The minimum Gasteiger partial charge on any atom is -0.494 e. The van der Waals surface area contributed by atoms with Crippen molar-refractivity contribution >= 4 is 58.7 Å². The monoisotopic (exact) mass is 568 g/mol. The fraction of sp³-hybridized carbons (Fsp3) is 0.176. The number of ether oxygens (including phenoxy) is 1. The molecule has 0 aliphatic heterocycles. The first kappa shape index (κ1) is 20.3. The molecule has 0 aliphatic carbocycles. The highest BCUT2D eigenvalue weighted by Crippen LogP contribution is 2.42. The van der Waals surface area contributed by atoms with E-state index in [1.54, 1.807) is 13.0 Å². The van der Waals surface area contributed by atoms with Crippen LogP contribution in [0, 0.1) is 6.92 Å². The molecular weight excluding hydrogens is 561 g/mol. The maximum atomic E-state index is 13.0. The first-order valence-corrected chi connectivity index (χ1v) is 9.76. The van der Waals surface area contributed by atoms with Gasteiger partial charge in [-0.1, -0.05) is 0 Å². The number of hydrogen-bond donors (Lipinski definition) is 0. The molecule has 4 nitrogen and oxygen atoms in total. The normalized spacial score (nSPS) is 11.9. The van der Waals surface area contributed by atoms with Crippen LogP contribution in [-0.4, -0.2) is 16.7 Å². The minimum absolute atomic E-state index is 0.0140. The number of rotatable bonds is 2. The van der Waals surface area contributed by atoms with Gasteiger partial charge in [0, 0.05) is 4.47 Å². The molecule has 0 atom stereocenters. The van der Waals surface area contributed by atoms with Crippen LogP contribution < -0.4 is 10.3 Å². The number of benzene rings is 2. The van der Waals surface area contributed by atoms with E-state index < -0.39 is 17.3 Å². The molecule has 3 rings (SSSR count). The second-order valence-electron chi connectivity index (χ2n) is 5.57. The topological polar surface area (TPSA) is 44.1 Å². The summed E-state index contributed by atoms with van der Waals surface area (Å²) in [5.74, 6) is 0.699. The summed E-state index contributed by atoms with van der Waals surface area (Å²) < 4.78 is 47.2. The molecule has 0 aliphatic rings. The van der Waals surface area contributed by atoms with Crippen LogP contribution in [0.1, 0.15) is 11.4 Å². The Hall–Kier alpha value is -1.39. The summed E-state index contributed by atoms with van der Waals surface area (Å²) in [5.41, 5.74) is -0.921. The third-order valence-corrected chi connectivity index (χ3v) is 5.83. The van der Waals surface area contributed by atoms with Crippen molar-refractivity contribution < 1.29 is 17.9 Å². The molecule has 1 heterocycles. The SMILES string of the molecule is COc1c(Br)cc(Br)c(-n2c(C)nc3cc(C(F)(F)F)ccc3c2=O)c1Br. The van der Waals surface area contributed by atoms with Gasteiger partial charge in [-0.25, -0.2) is 4.98 Å². The summed E-state index contributed by atoms with van der Waals surface area (Å²) in [6.45, 7) is 1.55. The Bertz CT molecular complexity index is 1130.